The molecule has 1 unspecified atom stereocenters. The number of aliphatic carboxylic acids is 1. The van der Waals surface area contributed by atoms with Gasteiger partial charge in [0, 0.05) is 5.02 Å². The lowest BCUT2D eigenvalue weighted by atomic mass is 10.3. The van der Waals surface area contributed by atoms with Gasteiger partial charge in [0.15, 0.2) is 0 Å². The molecule has 0 bridgehead atoms. The second kappa shape index (κ2) is 5.56. The highest BCUT2D eigenvalue weighted by Crippen LogP contribution is 2.16. The highest BCUT2D eigenvalue weighted by molar-refractivity contribution is 6.30. The molecule has 3 nitrogen and oxygen atoms in total. The number of benzene rings is 1. The van der Waals surface area contributed by atoms with Gasteiger partial charge in [-0.3, -0.25) is 4.79 Å². The molecule has 0 saturated carbocycles. The van der Waals surface area contributed by atoms with Gasteiger partial charge in [-0.1, -0.05) is 11.6 Å². The van der Waals surface area contributed by atoms with Crippen LogP contribution in [0.5, 0.6) is 5.75 Å². The van der Waals surface area contributed by atoms with E-state index in [1.165, 1.54) is 0 Å². The summed E-state index contributed by atoms with van der Waals surface area (Å²) in [5, 5.41) is 8.86. The van der Waals surface area contributed by atoms with E-state index in [2.05, 4.69) is 0 Å². The molecule has 1 atom stereocenters. The molecule has 0 radical (unpaired) electrons. The maximum atomic E-state index is 12.9. The van der Waals surface area contributed by atoms with Crippen LogP contribution in [0.4, 0.5) is 4.39 Å². The van der Waals surface area contributed by atoms with Crippen LogP contribution in [0.3, 0.4) is 0 Å². The smallest absolute Gasteiger partial charge is 0.306 e. The SMILES string of the molecule is O=C(O)CC(F)COc1ccc(Cl)cc1. The minimum absolute atomic E-state index is 0.270. The molecule has 82 valence electrons. The lowest BCUT2D eigenvalue weighted by molar-refractivity contribution is -0.138. The Morgan fingerprint density at radius 1 is 1.47 bits per heavy atom. The summed E-state index contributed by atoms with van der Waals surface area (Å²) >= 11 is 5.64. The Labute approximate surface area is 91.4 Å². The van der Waals surface area contributed by atoms with Crippen molar-refractivity contribution in [2.24, 2.45) is 0 Å². The molecule has 0 aliphatic rings. The van der Waals surface area contributed by atoms with E-state index >= 15 is 0 Å². The number of hydrogen-bond acceptors (Lipinski definition) is 2. The highest BCUT2D eigenvalue weighted by atomic mass is 35.5. The third-order valence-corrected chi connectivity index (χ3v) is 1.89. The second-order valence-corrected chi connectivity index (χ2v) is 3.40. The Morgan fingerprint density at radius 2 is 2.07 bits per heavy atom. The van der Waals surface area contributed by atoms with Gasteiger partial charge in [-0.2, -0.15) is 0 Å². The molecule has 0 aliphatic carbocycles. The van der Waals surface area contributed by atoms with E-state index in [-0.39, 0.29) is 6.61 Å². The maximum Gasteiger partial charge on any atom is 0.306 e. The zero-order chi connectivity index (χ0) is 11.3. The summed E-state index contributed by atoms with van der Waals surface area (Å²) < 4.78 is 17.9. The van der Waals surface area contributed by atoms with Crippen molar-refractivity contribution >= 4 is 17.6 Å². The number of hydrogen-bond donors (Lipinski definition) is 1. The largest absolute Gasteiger partial charge is 0.491 e. The van der Waals surface area contributed by atoms with Crippen molar-refractivity contribution in [1.82, 2.24) is 0 Å². The van der Waals surface area contributed by atoms with Crippen LogP contribution in [0.2, 0.25) is 5.02 Å². The van der Waals surface area contributed by atoms with Crippen molar-refractivity contribution in [2.75, 3.05) is 6.61 Å². The normalized spacial score (nSPS) is 12.1. The molecule has 0 heterocycles. The van der Waals surface area contributed by atoms with Crippen molar-refractivity contribution in [1.29, 1.82) is 0 Å². The van der Waals surface area contributed by atoms with E-state index in [1.807, 2.05) is 0 Å². The number of halogens is 2. The molecule has 1 rings (SSSR count). The Balaban J connectivity index is 2.36. The van der Waals surface area contributed by atoms with Gasteiger partial charge in [-0.25, -0.2) is 4.39 Å². The van der Waals surface area contributed by atoms with Crippen LogP contribution in [-0.2, 0) is 4.79 Å². The first-order valence-corrected chi connectivity index (χ1v) is 4.70. The van der Waals surface area contributed by atoms with Gasteiger partial charge < -0.3 is 9.84 Å². The fraction of sp³-hybridized carbons (Fsp3) is 0.300. The molecule has 0 saturated heterocycles. The van der Waals surface area contributed by atoms with E-state index in [0.717, 1.165) is 0 Å². The third-order valence-electron chi connectivity index (χ3n) is 1.64. The first-order chi connectivity index (χ1) is 7.08. The van der Waals surface area contributed by atoms with Gasteiger partial charge >= 0.3 is 5.97 Å². The van der Waals surface area contributed by atoms with Crippen molar-refractivity contribution < 1.29 is 19.0 Å². The Morgan fingerprint density at radius 3 is 2.60 bits per heavy atom. The topological polar surface area (TPSA) is 46.5 Å². The van der Waals surface area contributed by atoms with Crippen LogP contribution in [0, 0.1) is 0 Å². The van der Waals surface area contributed by atoms with E-state index in [1.54, 1.807) is 24.3 Å². The van der Waals surface area contributed by atoms with Crippen molar-refractivity contribution in [3.05, 3.63) is 29.3 Å². The molecule has 1 aromatic rings. The second-order valence-electron chi connectivity index (χ2n) is 2.96. The number of carboxylic acids is 1. The lowest BCUT2D eigenvalue weighted by Crippen LogP contribution is -2.16. The van der Waals surface area contributed by atoms with Crippen LogP contribution in [-0.4, -0.2) is 23.9 Å². The maximum absolute atomic E-state index is 12.9. The summed E-state index contributed by atoms with van der Waals surface area (Å²) in [6, 6.07) is 6.41. The van der Waals surface area contributed by atoms with E-state index in [4.69, 9.17) is 21.4 Å². The standard InChI is InChI=1S/C10H10ClFO3/c11-7-1-3-9(4-2-7)15-6-8(12)5-10(13)14/h1-4,8H,5-6H2,(H,13,14). The predicted molar refractivity (Wildman–Crippen MR) is 54.1 cm³/mol. The predicted octanol–water partition coefficient (Wildman–Crippen LogP) is 2.53. The number of carbonyl (C=O) groups is 1. The van der Waals surface area contributed by atoms with Crippen molar-refractivity contribution in [2.45, 2.75) is 12.6 Å². The van der Waals surface area contributed by atoms with Gasteiger partial charge in [-0.15, -0.1) is 0 Å². The number of alkyl halides is 1. The van der Waals surface area contributed by atoms with Gasteiger partial charge in [0.1, 0.15) is 18.5 Å². The molecule has 0 amide bonds. The summed E-state index contributed by atoms with van der Waals surface area (Å²) in [5.74, 6) is -0.713. The molecule has 0 spiro atoms. The molecule has 0 fully saturated rings. The Hall–Kier alpha value is -1.29. The van der Waals surface area contributed by atoms with Crippen LogP contribution in [0.25, 0.3) is 0 Å². The Kier molecular flexibility index (Phi) is 4.37. The summed E-state index contributed by atoms with van der Waals surface area (Å²) in [6.45, 7) is -0.270. The monoisotopic (exact) mass is 232 g/mol. The van der Waals surface area contributed by atoms with Crippen molar-refractivity contribution in [3.63, 3.8) is 0 Å². The number of rotatable bonds is 5. The van der Waals surface area contributed by atoms with Gasteiger partial charge in [-0.05, 0) is 24.3 Å². The van der Waals surface area contributed by atoms with E-state index < -0.39 is 18.6 Å². The van der Waals surface area contributed by atoms with Crippen LogP contribution in [0.15, 0.2) is 24.3 Å². The average Bonchev–Trinajstić information content (AvgIpc) is 2.16. The summed E-state index contributed by atoms with van der Waals surface area (Å²) in [6.07, 6.45) is -2.05. The minimum Gasteiger partial charge on any atom is -0.491 e. The fourth-order valence-electron chi connectivity index (χ4n) is 0.966. The molecule has 5 heteroatoms. The number of ether oxygens (including phenoxy) is 1. The van der Waals surface area contributed by atoms with Crippen molar-refractivity contribution in [3.8, 4) is 5.75 Å². The quantitative estimate of drug-likeness (QED) is 0.849. The van der Waals surface area contributed by atoms with Gasteiger partial charge in [0.2, 0.25) is 0 Å². The third kappa shape index (κ3) is 4.65. The average molecular weight is 233 g/mol. The molecule has 1 N–H and O–H groups in total. The van der Waals surface area contributed by atoms with E-state index in [0.29, 0.717) is 10.8 Å². The first kappa shape index (κ1) is 11.8. The fourth-order valence-corrected chi connectivity index (χ4v) is 1.09. The zero-order valence-corrected chi connectivity index (χ0v) is 8.58. The molecule has 1 aromatic carbocycles. The molecular formula is C10H10ClFO3. The van der Waals surface area contributed by atoms with E-state index in [9.17, 15) is 9.18 Å². The lowest BCUT2D eigenvalue weighted by Gasteiger charge is -2.08. The van der Waals surface area contributed by atoms with Gasteiger partial charge in [0.05, 0.1) is 6.42 Å². The van der Waals surface area contributed by atoms with Gasteiger partial charge in [0.25, 0.3) is 0 Å². The summed E-state index contributed by atoms with van der Waals surface area (Å²) in [7, 11) is 0. The van der Waals surface area contributed by atoms with Crippen LogP contribution >= 0.6 is 11.6 Å². The highest BCUT2D eigenvalue weighted by Gasteiger charge is 2.12. The van der Waals surface area contributed by atoms with Crippen LogP contribution < -0.4 is 4.74 Å². The Bertz CT molecular complexity index is 326. The van der Waals surface area contributed by atoms with Crippen LogP contribution in [0.1, 0.15) is 6.42 Å². The zero-order valence-electron chi connectivity index (χ0n) is 7.82. The molecular weight excluding hydrogens is 223 g/mol. The molecule has 0 aliphatic heterocycles. The molecule has 15 heavy (non-hydrogen) atoms. The first-order valence-electron chi connectivity index (χ1n) is 4.32. The summed E-state index contributed by atoms with van der Waals surface area (Å²) in [5.41, 5.74) is 0. The number of carboxylic acid groups (broad SMARTS) is 1. The molecule has 0 aromatic heterocycles. The minimum atomic E-state index is -1.50. The summed E-state index contributed by atoms with van der Waals surface area (Å²) in [4.78, 5) is 10.2.